The Bertz CT molecular complexity index is 1020. The van der Waals surface area contributed by atoms with Crippen LogP contribution in [0.2, 0.25) is 0 Å². The highest BCUT2D eigenvalue weighted by atomic mass is 32.1. The van der Waals surface area contributed by atoms with Crippen LogP contribution in [0.4, 0.5) is 11.4 Å². The molecule has 0 aliphatic carbocycles. The molecule has 1 N–H and O–H groups in total. The Morgan fingerprint density at radius 2 is 1.93 bits per heavy atom. The number of carbonyl (C=O) groups excluding carboxylic acids is 2. The van der Waals surface area contributed by atoms with Crippen molar-refractivity contribution < 1.29 is 9.59 Å². The number of benzene rings is 2. The van der Waals surface area contributed by atoms with Gasteiger partial charge in [0.1, 0.15) is 0 Å². The van der Waals surface area contributed by atoms with Gasteiger partial charge in [0.05, 0.1) is 4.88 Å². The molecule has 1 aliphatic heterocycles. The van der Waals surface area contributed by atoms with Crippen molar-refractivity contribution >= 4 is 34.5 Å². The van der Waals surface area contributed by atoms with Gasteiger partial charge in [0.25, 0.3) is 11.8 Å². The van der Waals surface area contributed by atoms with E-state index < -0.39 is 0 Å². The second-order valence-corrected chi connectivity index (χ2v) is 7.75. The summed E-state index contributed by atoms with van der Waals surface area (Å²) in [7, 11) is 0. The molecule has 0 radical (unpaired) electrons. The molecule has 1 aliphatic rings. The number of thiophene rings is 1. The fourth-order valence-electron chi connectivity index (χ4n) is 3.49. The van der Waals surface area contributed by atoms with Crippen molar-refractivity contribution in [1.82, 2.24) is 0 Å². The largest absolute Gasteiger partial charge is 0.322 e. The first kappa shape index (κ1) is 17.5. The second-order valence-electron chi connectivity index (χ2n) is 6.80. The van der Waals surface area contributed by atoms with Gasteiger partial charge in [-0.3, -0.25) is 9.59 Å². The molecule has 2 amide bonds. The summed E-state index contributed by atoms with van der Waals surface area (Å²) < 4.78 is 0. The molecular formula is C22H20N2O2S. The van der Waals surface area contributed by atoms with Crippen molar-refractivity contribution in [3.05, 3.63) is 81.0 Å². The lowest BCUT2D eigenvalue weighted by Gasteiger charge is -2.17. The summed E-state index contributed by atoms with van der Waals surface area (Å²) >= 11 is 1.46. The number of carbonyl (C=O) groups is 2. The Morgan fingerprint density at radius 1 is 1.07 bits per heavy atom. The minimum atomic E-state index is -0.114. The molecule has 1 aromatic heterocycles. The number of amides is 2. The highest BCUT2D eigenvalue weighted by Crippen LogP contribution is 2.32. The van der Waals surface area contributed by atoms with Crippen LogP contribution in [0.1, 0.15) is 36.7 Å². The zero-order chi connectivity index (χ0) is 19.0. The number of anilines is 2. The van der Waals surface area contributed by atoms with E-state index in [0.29, 0.717) is 12.1 Å². The van der Waals surface area contributed by atoms with Gasteiger partial charge in [-0.25, -0.2) is 0 Å². The molecule has 3 aromatic rings. The third-order valence-electron chi connectivity index (χ3n) is 4.84. The highest BCUT2D eigenvalue weighted by Gasteiger charge is 2.26. The summed E-state index contributed by atoms with van der Waals surface area (Å²) in [6, 6.07) is 15.3. The van der Waals surface area contributed by atoms with E-state index in [1.54, 1.807) is 0 Å². The van der Waals surface area contributed by atoms with Crippen molar-refractivity contribution in [3.63, 3.8) is 0 Å². The maximum atomic E-state index is 12.7. The van der Waals surface area contributed by atoms with Crippen LogP contribution in [0.3, 0.4) is 0 Å². The first-order valence-electron chi connectivity index (χ1n) is 8.90. The molecule has 0 saturated carbocycles. The van der Waals surface area contributed by atoms with Gasteiger partial charge in [0.15, 0.2) is 0 Å². The second kappa shape index (κ2) is 7.00. The molecule has 0 unspecified atom stereocenters. The van der Waals surface area contributed by atoms with Gasteiger partial charge in [-0.2, -0.15) is 0 Å². The van der Waals surface area contributed by atoms with E-state index in [1.165, 1.54) is 11.3 Å². The monoisotopic (exact) mass is 376 g/mol. The molecule has 0 saturated heterocycles. The SMILES string of the molecule is Cc1ccc(C(=O)Nc2ccc3c(c2)CCN3C(=O)c2cccs2)c(C)c1. The maximum Gasteiger partial charge on any atom is 0.268 e. The quantitative estimate of drug-likeness (QED) is 0.712. The van der Waals surface area contributed by atoms with Gasteiger partial charge in [0, 0.05) is 23.5 Å². The summed E-state index contributed by atoms with van der Waals surface area (Å²) in [6.45, 7) is 4.62. The van der Waals surface area contributed by atoms with Gasteiger partial charge in [0.2, 0.25) is 0 Å². The number of aryl methyl sites for hydroxylation is 2. The van der Waals surface area contributed by atoms with Crippen molar-refractivity contribution in [1.29, 1.82) is 0 Å². The fraction of sp³-hybridized carbons (Fsp3) is 0.182. The predicted octanol–water partition coefficient (Wildman–Crippen LogP) is 4.82. The molecule has 27 heavy (non-hydrogen) atoms. The standard InChI is InChI=1S/C22H20N2O2S/c1-14-5-7-18(15(2)12-14)21(25)23-17-6-8-19-16(13-17)9-10-24(19)22(26)20-4-3-11-27-20/h3-8,11-13H,9-10H2,1-2H3,(H,23,25). The average Bonchev–Trinajstić information content (AvgIpc) is 3.30. The van der Waals surface area contributed by atoms with E-state index in [2.05, 4.69) is 5.32 Å². The molecule has 2 aromatic carbocycles. The van der Waals surface area contributed by atoms with Gasteiger partial charge < -0.3 is 10.2 Å². The smallest absolute Gasteiger partial charge is 0.268 e. The van der Waals surface area contributed by atoms with Gasteiger partial charge >= 0.3 is 0 Å². The minimum Gasteiger partial charge on any atom is -0.322 e. The summed E-state index contributed by atoms with van der Waals surface area (Å²) in [6.07, 6.45) is 0.791. The number of nitrogens with one attached hydrogen (secondary N) is 1. The fourth-order valence-corrected chi connectivity index (χ4v) is 4.16. The lowest BCUT2D eigenvalue weighted by Crippen LogP contribution is -2.28. The molecular weight excluding hydrogens is 356 g/mol. The summed E-state index contributed by atoms with van der Waals surface area (Å²) in [5.74, 6) is -0.0761. The predicted molar refractivity (Wildman–Crippen MR) is 110 cm³/mol. The number of nitrogens with zero attached hydrogens (tertiary/aromatic N) is 1. The molecule has 0 bridgehead atoms. The van der Waals surface area contributed by atoms with Crippen molar-refractivity contribution in [3.8, 4) is 0 Å². The molecule has 0 spiro atoms. The summed E-state index contributed by atoms with van der Waals surface area (Å²) in [4.78, 5) is 27.8. The molecule has 5 heteroatoms. The first-order valence-corrected chi connectivity index (χ1v) is 9.78. The molecule has 2 heterocycles. The van der Waals surface area contributed by atoms with Gasteiger partial charge in [-0.05, 0) is 67.1 Å². The maximum absolute atomic E-state index is 12.7. The van der Waals surface area contributed by atoms with Gasteiger partial charge in [-0.15, -0.1) is 11.3 Å². The Kier molecular flexibility index (Phi) is 4.54. The van der Waals surface area contributed by atoms with E-state index in [-0.39, 0.29) is 11.8 Å². The number of fused-ring (bicyclic) bond motifs is 1. The minimum absolute atomic E-state index is 0.0378. The van der Waals surface area contributed by atoms with E-state index in [0.717, 1.165) is 39.4 Å². The topological polar surface area (TPSA) is 49.4 Å². The Morgan fingerprint density at radius 3 is 2.67 bits per heavy atom. The van der Waals surface area contributed by atoms with Crippen molar-refractivity contribution in [2.45, 2.75) is 20.3 Å². The summed E-state index contributed by atoms with van der Waals surface area (Å²) in [5, 5.41) is 4.89. The van der Waals surface area contributed by atoms with E-state index in [4.69, 9.17) is 0 Å². The van der Waals surface area contributed by atoms with E-state index in [1.807, 2.05) is 72.7 Å². The molecule has 0 fully saturated rings. The van der Waals surface area contributed by atoms with E-state index in [9.17, 15) is 9.59 Å². The average molecular weight is 376 g/mol. The number of hydrogen-bond donors (Lipinski definition) is 1. The van der Waals surface area contributed by atoms with Crippen LogP contribution in [0.25, 0.3) is 0 Å². The van der Waals surface area contributed by atoms with Crippen LogP contribution in [0, 0.1) is 13.8 Å². The van der Waals surface area contributed by atoms with Crippen LogP contribution in [-0.2, 0) is 6.42 Å². The number of hydrogen-bond acceptors (Lipinski definition) is 3. The van der Waals surface area contributed by atoms with Crippen LogP contribution in [0.5, 0.6) is 0 Å². The Hall–Kier alpha value is -2.92. The zero-order valence-corrected chi connectivity index (χ0v) is 16.1. The molecule has 4 rings (SSSR count). The summed E-state index contributed by atoms with van der Waals surface area (Å²) in [5.41, 5.74) is 5.54. The molecule has 0 atom stereocenters. The highest BCUT2D eigenvalue weighted by molar-refractivity contribution is 7.12. The Labute approximate surface area is 162 Å². The van der Waals surface area contributed by atoms with Crippen LogP contribution in [0.15, 0.2) is 53.9 Å². The van der Waals surface area contributed by atoms with Crippen LogP contribution < -0.4 is 10.2 Å². The lowest BCUT2D eigenvalue weighted by atomic mass is 10.0. The van der Waals surface area contributed by atoms with Crippen LogP contribution >= 0.6 is 11.3 Å². The molecule has 4 nitrogen and oxygen atoms in total. The third-order valence-corrected chi connectivity index (χ3v) is 5.69. The molecule has 136 valence electrons. The number of rotatable bonds is 3. The lowest BCUT2D eigenvalue weighted by molar-refractivity contribution is 0.0991. The van der Waals surface area contributed by atoms with Crippen LogP contribution in [-0.4, -0.2) is 18.4 Å². The van der Waals surface area contributed by atoms with E-state index >= 15 is 0 Å². The third kappa shape index (κ3) is 3.38. The van der Waals surface area contributed by atoms with Crippen molar-refractivity contribution in [2.75, 3.05) is 16.8 Å². The zero-order valence-electron chi connectivity index (χ0n) is 15.3. The first-order chi connectivity index (χ1) is 13.0. The Balaban J connectivity index is 1.54. The van der Waals surface area contributed by atoms with Gasteiger partial charge in [-0.1, -0.05) is 23.8 Å². The van der Waals surface area contributed by atoms with Crippen molar-refractivity contribution in [2.24, 2.45) is 0 Å². The normalized spacial score (nSPS) is 12.7.